The predicted molar refractivity (Wildman–Crippen MR) is 118 cm³/mol. The molecule has 29 heavy (non-hydrogen) atoms. The van der Waals surface area contributed by atoms with Gasteiger partial charge in [-0.1, -0.05) is 0 Å². The first kappa shape index (κ1) is 21.2. The Kier molecular flexibility index (Phi) is 6.83. The number of thiocarbonyl (C=S) groups is 1. The molecule has 2 heterocycles. The molecule has 2 aromatic rings. The lowest BCUT2D eigenvalue weighted by molar-refractivity contribution is 0.0303. The number of esters is 1. The smallest absolute Gasteiger partial charge is 0.341 e. The van der Waals surface area contributed by atoms with Crippen molar-refractivity contribution >= 4 is 51.2 Å². The van der Waals surface area contributed by atoms with Gasteiger partial charge in [-0.2, -0.15) is 0 Å². The second-order valence-corrected chi connectivity index (χ2v) is 8.17. The average Bonchev–Trinajstić information content (AvgIpc) is 3.01. The molecular weight excluding hydrogens is 410 g/mol. The van der Waals surface area contributed by atoms with E-state index in [9.17, 15) is 9.59 Å². The number of ether oxygens (including phenoxy) is 2. The van der Waals surface area contributed by atoms with Gasteiger partial charge in [0.25, 0.3) is 5.91 Å². The maximum Gasteiger partial charge on any atom is 0.341 e. The Morgan fingerprint density at radius 1 is 1.14 bits per heavy atom. The van der Waals surface area contributed by atoms with Crippen LogP contribution in [0.3, 0.4) is 0 Å². The van der Waals surface area contributed by atoms with Crippen LogP contribution in [0, 0.1) is 13.8 Å². The van der Waals surface area contributed by atoms with Gasteiger partial charge in [0.05, 0.1) is 25.9 Å². The van der Waals surface area contributed by atoms with Crippen LogP contribution in [0.2, 0.25) is 0 Å². The molecule has 0 bridgehead atoms. The van der Waals surface area contributed by atoms with E-state index < -0.39 is 5.97 Å². The second kappa shape index (κ2) is 9.34. The van der Waals surface area contributed by atoms with E-state index in [0.29, 0.717) is 47.5 Å². The van der Waals surface area contributed by atoms with Gasteiger partial charge in [0.1, 0.15) is 5.00 Å². The molecule has 1 aromatic heterocycles. The molecule has 1 aliphatic heterocycles. The maximum absolute atomic E-state index is 12.5. The third-order valence-electron chi connectivity index (χ3n) is 4.69. The molecular formula is C20H23N3O4S2. The van der Waals surface area contributed by atoms with Crippen molar-refractivity contribution in [3.05, 3.63) is 45.8 Å². The lowest BCUT2D eigenvalue weighted by atomic mass is 10.1. The quantitative estimate of drug-likeness (QED) is 0.565. The summed E-state index contributed by atoms with van der Waals surface area (Å²) in [5, 5.41) is 7.15. The van der Waals surface area contributed by atoms with Crippen LogP contribution in [0.4, 0.5) is 10.7 Å². The van der Waals surface area contributed by atoms with Gasteiger partial charge in [0.2, 0.25) is 0 Å². The van der Waals surface area contributed by atoms with Gasteiger partial charge in [-0.25, -0.2) is 4.79 Å². The van der Waals surface area contributed by atoms with E-state index in [0.717, 1.165) is 16.1 Å². The van der Waals surface area contributed by atoms with Crippen molar-refractivity contribution in [1.29, 1.82) is 0 Å². The number of anilines is 2. The maximum atomic E-state index is 12.5. The van der Waals surface area contributed by atoms with Crippen LogP contribution in [-0.2, 0) is 9.47 Å². The zero-order valence-electron chi connectivity index (χ0n) is 16.5. The molecule has 2 N–H and O–H groups in total. The van der Waals surface area contributed by atoms with Crippen molar-refractivity contribution < 1.29 is 19.1 Å². The Morgan fingerprint density at radius 3 is 2.41 bits per heavy atom. The SMILES string of the molecule is COC(=O)c1c(NC(=S)Nc2ccc(C(=O)N3CCOCC3)cc2)sc(C)c1C. The van der Waals surface area contributed by atoms with E-state index in [4.69, 9.17) is 21.7 Å². The summed E-state index contributed by atoms with van der Waals surface area (Å²) >= 11 is 6.83. The molecule has 0 spiro atoms. The van der Waals surface area contributed by atoms with Gasteiger partial charge in [0.15, 0.2) is 5.11 Å². The van der Waals surface area contributed by atoms with Crippen LogP contribution in [0.15, 0.2) is 24.3 Å². The van der Waals surface area contributed by atoms with Gasteiger partial charge in [0, 0.05) is 29.2 Å². The zero-order valence-corrected chi connectivity index (χ0v) is 18.2. The Bertz CT molecular complexity index is 919. The Labute approximate surface area is 179 Å². The molecule has 9 heteroatoms. The number of benzene rings is 1. The van der Waals surface area contributed by atoms with Crippen molar-refractivity contribution in [1.82, 2.24) is 4.90 Å². The summed E-state index contributed by atoms with van der Waals surface area (Å²) in [5.74, 6) is -0.407. The van der Waals surface area contributed by atoms with Gasteiger partial charge in [-0.15, -0.1) is 11.3 Å². The molecule has 154 valence electrons. The predicted octanol–water partition coefficient (Wildman–Crippen LogP) is 3.43. The van der Waals surface area contributed by atoms with Crippen molar-refractivity contribution in [2.75, 3.05) is 44.0 Å². The molecule has 0 saturated carbocycles. The number of aryl methyl sites for hydroxylation is 1. The number of nitrogens with one attached hydrogen (secondary N) is 2. The van der Waals surface area contributed by atoms with Gasteiger partial charge in [-0.05, 0) is 55.9 Å². The minimum absolute atomic E-state index is 0.00666. The zero-order chi connectivity index (χ0) is 21.0. The summed E-state index contributed by atoms with van der Waals surface area (Å²) in [6, 6.07) is 7.13. The van der Waals surface area contributed by atoms with Crippen LogP contribution in [0.5, 0.6) is 0 Å². The summed E-state index contributed by atoms with van der Waals surface area (Å²) in [7, 11) is 1.36. The fourth-order valence-corrected chi connectivity index (χ4v) is 4.31. The summed E-state index contributed by atoms with van der Waals surface area (Å²) in [5.41, 5.74) is 2.73. The highest BCUT2D eigenvalue weighted by Crippen LogP contribution is 2.33. The van der Waals surface area contributed by atoms with Crippen LogP contribution in [-0.4, -0.2) is 55.3 Å². The molecule has 0 atom stereocenters. The van der Waals surface area contributed by atoms with Gasteiger partial charge < -0.3 is 25.0 Å². The highest BCUT2D eigenvalue weighted by atomic mass is 32.1. The van der Waals surface area contributed by atoms with E-state index in [-0.39, 0.29) is 5.91 Å². The highest BCUT2D eigenvalue weighted by Gasteiger charge is 2.21. The van der Waals surface area contributed by atoms with E-state index in [2.05, 4.69) is 10.6 Å². The largest absolute Gasteiger partial charge is 0.465 e. The van der Waals surface area contributed by atoms with Gasteiger partial charge in [-0.3, -0.25) is 4.79 Å². The third-order valence-corrected chi connectivity index (χ3v) is 6.02. The molecule has 1 saturated heterocycles. The number of carbonyl (C=O) groups is 2. The first-order valence-corrected chi connectivity index (χ1v) is 10.4. The number of nitrogens with zero attached hydrogens (tertiary/aromatic N) is 1. The summed E-state index contributed by atoms with van der Waals surface area (Å²) in [4.78, 5) is 27.4. The van der Waals surface area contributed by atoms with Crippen LogP contribution in [0.1, 0.15) is 31.2 Å². The van der Waals surface area contributed by atoms with E-state index in [1.807, 2.05) is 13.8 Å². The van der Waals surface area contributed by atoms with Crippen molar-refractivity contribution in [3.63, 3.8) is 0 Å². The summed E-state index contributed by atoms with van der Waals surface area (Å²) in [6.45, 7) is 6.17. The molecule has 0 radical (unpaired) electrons. The fraction of sp³-hybridized carbons (Fsp3) is 0.350. The molecule has 3 rings (SSSR count). The molecule has 1 aromatic carbocycles. The third kappa shape index (κ3) is 4.92. The number of thiophene rings is 1. The Balaban J connectivity index is 1.65. The summed E-state index contributed by atoms with van der Waals surface area (Å²) < 4.78 is 10.2. The van der Waals surface area contributed by atoms with Crippen molar-refractivity contribution in [2.45, 2.75) is 13.8 Å². The van der Waals surface area contributed by atoms with E-state index in [1.54, 1.807) is 29.2 Å². The molecule has 1 aliphatic rings. The number of methoxy groups -OCH3 is 1. The number of hydrogen-bond donors (Lipinski definition) is 2. The van der Waals surface area contributed by atoms with Crippen molar-refractivity contribution in [2.24, 2.45) is 0 Å². The lowest BCUT2D eigenvalue weighted by Crippen LogP contribution is -2.40. The van der Waals surface area contributed by atoms with E-state index >= 15 is 0 Å². The lowest BCUT2D eigenvalue weighted by Gasteiger charge is -2.26. The molecule has 1 amide bonds. The van der Waals surface area contributed by atoms with E-state index in [1.165, 1.54) is 18.4 Å². The average molecular weight is 434 g/mol. The number of rotatable bonds is 4. The number of morpholine rings is 1. The minimum Gasteiger partial charge on any atom is -0.465 e. The number of carbonyl (C=O) groups excluding carboxylic acids is 2. The molecule has 0 aliphatic carbocycles. The monoisotopic (exact) mass is 433 g/mol. The normalized spacial score (nSPS) is 13.7. The first-order chi connectivity index (χ1) is 13.9. The summed E-state index contributed by atoms with van der Waals surface area (Å²) in [6.07, 6.45) is 0. The Hall–Kier alpha value is -2.49. The molecule has 7 nitrogen and oxygen atoms in total. The van der Waals surface area contributed by atoms with Crippen LogP contribution < -0.4 is 10.6 Å². The standard InChI is InChI=1S/C20H23N3O4S2/c1-12-13(2)29-17(16(12)19(25)26-3)22-20(28)21-15-6-4-14(5-7-15)18(24)23-8-10-27-11-9-23/h4-7H,8-11H2,1-3H3,(H2,21,22,28). The first-order valence-electron chi connectivity index (χ1n) is 9.14. The molecule has 0 unspecified atom stereocenters. The Morgan fingerprint density at radius 2 is 1.79 bits per heavy atom. The highest BCUT2D eigenvalue weighted by molar-refractivity contribution is 7.80. The number of amides is 1. The fourth-order valence-electron chi connectivity index (χ4n) is 2.97. The minimum atomic E-state index is -0.400. The van der Waals surface area contributed by atoms with Gasteiger partial charge >= 0.3 is 5.97 Å². The van der Waals surface area contributed by atoms with Crippen LogP contribution in [0.25, 0.3) is 0 Å². The van der Waals surface area contributed by atoms with Crippen molar-refractivity contribution in [3.8, 4) is 0 Å². The second-order valence-electron chi connectivity index (χ2n) is 6.54. The topological polar surface area (TPSA) is 79.9 Å². The molecule has 1 fully saturated rings. The van der Waals surface area contributed by atoms with Crippen LogP contribution >= 0.6 is 23.6 Å². The number of hydrogen-bond acceptors (Lipinski definition) is 6.